The standard InChI is InChI=1S/C21H26N4O4/c1-3-4-13-25(21(28)16-9-11-22-12-10-16)15-20(27)23-14-19(26)24-17-5-7-18(29-2)8-6-17/h5-12H,3-4,13-15H2,1-2H3,(H,23,27)(H,24,26). The fraction of sp³-hybridized carbons (Fsp3) is 0.333. The number of methoxy groups -OCH3 is 1. The number of aromatic nitrogens is 1. The van der Waals surface area contributed by atoms with Crippen molar-refractivity contribution in [2.24, 2.45) is 0 Å². The molecular formula is C21H26N4O4. The third-order valence-electron chi connectivity index (χ3n) is 4.15. The maximum atomic E-state index is 12.6. The lowest BCUT2D eigenvalue weighted by atomic mass is 10.2. The van der Waals surface area contributed by atoms with Crippen LogP contribution in [0.5, 0.6) is 5.75 Å². The summed E-state index contributed by atoms with van der Waals surface area (Å²) in [6.07, 6.45) is 4.75. The van der Waals surface area contributed by atoms with Crippen LogP contribution in [0.15, 0.2) is 48.8 Å². The zero-order valence-corrected chi connectivity index (χ0v) is 16.7. The summed E-state index contributed by atoms with van der Waals surface area (Å²) in [6.45, 7) is 2.18. The second-order valence-corrected chi connectivity index (χ2v) is 6.37. The molecule has 0 atom stereocenters. The van der Waals surface area contributed by atoms with Crippen LogP contribution in [0.4, 0.5) is 5.69 Å². The number of hydrogen-bond donors (Lipinski definition) is 2. The molecule has 1 aromatic heterocycles. The lowest BCUT2D eigenvalue weighted by Crippen LogP contribution is -2.43. The molecule has 0 saturated carbocycles. The van der Waals surface area contributed by atoms with Crippen molar-refractivity contribution < 1.29 is 19.1 Å². The van der Waals surface area contributed by atoms with E-state index in [2.05, 4.69) is 15.6 Å². The zero-order chi connectivity index (χ0) is 21.1. The number of rotatable bonds is 10. The number of ether oxygens (including phenoxy) is 1. The van der Waals surface area contributed by atoms with Gasteiger partial charge >= 0.3 is 0 Å². The minimum Gasteiger partial charge on any atom is -0.497 e. The molecule has 0 aliphatic rings. The average Bonchev–Trinajstić information content (AvgIpc) is 2.76. The highest BCUT2D eigenvalue weighted by Gasteiger charge is 2.18. The van der Waals surface area contributed by atoms with Gasteiger partial charge in [0.2, 0.25) is 11.8 Å². The second-order valence-electron chi connectivity index (χ2n) is 6.37. The summed E-state index contributed by atoms with van der Waals surface area (Å²) in [5.41, 5.74) is 1.07. The van der Waals surface area contributed by atoms with E-state index in [1.165, 1.54) is 17.3 Å². The van der Waals surface area contributed by atoms with Crippen LogP contribution >= 0.6 is 0 Å². The first kappa shape index (κ1) is 21.9. The first-order chi connectivity index (χ1) is 14.0. The highest BCUT2D eigenvalue weighted by atomic mass is 16.5. The van der Waals surface area contributed by atoms with Crippen LogP contribution < -0.4 is 15.4 Å². The van der Waals surface area contributed by atoms with Gasteiger partial charge < -0.3 is 20.3 Å². The SMILES string of the molecule is CCCCN(CC(=O)NCC(=O)Nc1ccc(OC)cc1)C(=O)c1ccncc1. The molecular weight excluding hydrogens is 372 g/mol. The summed E-state index contributed by atoms with van der Waals surface area (Å²) in [5, 5.41) is 5.24. The van der Waals surface area contributed by atoms with Gasteiger partial charge in [0.1, 0.15) is 5.75 Å². The molecule has 0 fully saturated rings. The molecule has 8 nitrogen and oxygen atoms in total. The van der Waals surface area contributed by atoms with Gasteiger partial charge in [0.25, 0.3) is 5.91 Å². The number of nitrogens with zero attached hydrogens (tertiary/aromatic N) is 2. The molecule has 0 saturated heterocycles. The van der Waals surface area contributed by atoms with Gasteiger partial charge in [0.15, 0.2) is 0 Å². The number of anilines is 1. The second kappa shape index (κ2) is 11.4. The Kier molecular flexibility index (Phi) is 8.62. The summed E-state index contributed by atoms with van der Waals surface area (Å²) < 4.78 is 5.06. The number of unbranched alkanes of at least 4 members (excludes halogenated alkanes) is 1. The van der Waals surface area contributed by atoms with E-state index in [1.807, 2.05) is 6.92 Å². The quantitative estimate of drug-likeness (QED) is 0.638. The Balaban J connectivity index is 1.86. The summed E-state index contributed by atoms with van der Waals surface area (Å²) in [5.74, 6) is -0.307. The molecule has 2 N–H and O–H groups in total. The lowest BCUT2D eigenvalue weighted by Gasteiger charge is -2.22. The van der Waals surface area contributed by atoms with Gasteiger partial charge in [-0.05, 0) is 42.8 Å². The molecule has 2 rings (SSSR count). The Bertz CT molecular complexity index is 809. The van der Waals surface area contributed by atoms with E-state index in [-0.39, 0.29) is 24.9 Å². The molecule has 8 heteroatoms. The van der Waals surface area contributed by atoms with E-state index < -0.39 is 5.91 Å². The maximum absolute atomic E-state index is 12.6. The van der Waals surface area contributed by atoms with Gasteiger partial charge in [-0.1, -0.05) is 13.3 Å². The summed E-state index contributed by atoms with van der Waals surface area (Å²) >= 11 is 0. The molecule has 0 bridgehead atoms. The molecule has 29 heavy (non-hydrogen) atoms. The number of carbonyl (C=O) groups excluding carboxylic acids is 3. The molecule has 1 heterocycles. The monoisotopic (exact) mass is 398 g/mol. The van der Waals surface area contributed by atoms with Crippen LogP contribution in [-0.2, 0) is 9.59 Å². The number of hydrogen-bond acceptors (Lipinski definition) is 5. The average molecular weight is 398 g/mol. The maximum Gasteiger partial charge on any atom is 0.254 e. The smallest absolute Gasteiger partial charge is 0.254 e. The topological polar surface area (TPSA) is 101 Å². The Morgan fingerprint density at radius 2 is 1.72 bits per heavy atom. The molecule has 0 radical (unpaired) electrons. The summed E-state index contributed by atoms with van der Waals surface area (Å²) in [4.78, 5) is 42.3. The van der Waals surface area contributed by atoms with E-state index in [1.54, 1.807) is 43.5 Å². The number of nitrogens with one attached hydrogen (secondary N) is 2. The van der Waals surface area contributed by atoms with E-state index in [9.17, 15) is 14.4 Å². The minimum atomic E-state index is -0.395. The zero-order valence-electron chi connectivity index (χ0n) is 16.7. The van der Waals surface area contributed by atoms with E-state index in [0.717, 1.165) is 12.8 Å². The Morgan fingerprint density at radius 3 is 2.34 bits per heavy atom. The van der Waals surface area contributed by atoms with Gasteiger partial charge in [0.05, 0.1) is 20.2 Å². The molecule has 3 amide bonds. The predicted molar refractivity (Wildman–Crippen MR) is 110 cm³/mol. The highest BCUT2D eigenvalue weighted by Crippen LogP contribution is 2.14. The Labute approximate surface area is 170 Å². The number of amides is 3. The predicted octanol–water partition coefficient (Wildman–Crippen LogP) is 2.09. The Morgan fingerprint density at radius 1 is 1.03 bits per heavy atom. The first-order valence-electron chi connectivity index (χ1n) is 9.43. The van der Waals surface area contributed by atoms with Crippen LogP contribution in [0.25, 0.3) is 0 Å². The van der Waals surface area contributed by atoms with E-state index >= 15 is 0 Å². The molecule has 0 aliphatic carbocycles. The van der Waals surface area contributed by atoms with Gasteiger partial charge in [-0.15, -0.1) is 0 Å². The molecule has 1 aromatic carbocycles. The molecule has 0 aliphatic heterocycles. The molecule has 154 valence electrons. The van der Waals surface area contributed by atoms with E-state index in [4.69, 9.17) is 4.74 Å². The summed E-state index contributed by atoms with van der Waals surface area (Å²) in [7, 11) is 1.56. The van der Waals surface area contributed by atoms with Crippen molar-refractivity contribution in [2.75, 3.05) is 32.1 Å². The number of benzene rings is 1. The minimum absolute atomic E-state index is 0.114. The van der Waals surface area contributed by atoms with Crippen molar-refractivity contribution in [3.8, 4) is 5.75 Å². The summed E-state index contributed by atoms with van der Waals surface area (Å²) in [6, 6.07) is 10.1. The normalized spacial score (nSPS) is 10.1. The third kappa shape index (κ3) is 7.25. The molecule has 0 unspecified atom stereocenters. The van der Waals surface area contributed by atoms with Crippen molar-refractivity contribution in [2.45, 2.75) is 19.8 Å². The van der Waals surface area contributed by atoms with Crippen molar-refractivity contribution in [3.05, 3.63) is 54.4 Å². The van der Waals surface area contributed by atoms with Crippen molar-refractivity contribution in [1.29, 1.82) is 0 Å². The van der Waals surface area contributed by atoms with Crippen molar-refractivity contribution in [1.82, 2.24) is 15.2 Å². The highest BCUT2D eigenvalue weighted by molar-refractivity contribution is 5.98. The fourth-order valence-electron chi connectivity index (χ4n) is 2.57. The Hall–Kier alpha value is -3.42. The van der Waals surface area contributed by atoms with Crippen molar-refractivity contribution in [3.63, 3.8) is 0 Å². The largest absolute Gasteiger partial charge is 0.497 e. The first-order valence-corrected chi connectivity index (χ1v) is 9.43. The number of pyridine rings is 1. The van der Waals surface area contributed by atoms with Crippen LogP contribution in [-0.4, -0.2) is 54.3 Å². The third-order valence-corrected chi connectivity index (χ3v) is 4.15. The van der Waals surface area contributed by atoms with Gasteiger partial charge in [-0.3, -0.25) is 19.4 Å². The van der Waals surface area contributed by atoms with Crippen LogP contribution in [0, 0.1) is 0 Å². The van der Waals surface area contributed by atoms with Gasteiger partial charge in [0, 0.05) is 30.2 Å². The van der Waals surface area contributed by atoms with Crippen LogP contribution in [0.2, 0.25) is 0 Å². The molecule has 2 aromatic rings. The van der Waals surface area contributed by atoms with Crippen molar-refractivity contribution >= 4 is 23.4 Å². The fourth-order valence-corrected chi connectivity index (χ4v) is 2.57. The van der Waals surface area contributed by atoms with Gasteiger partial charge in [-0.2, -0.15) is 0 Å². The van der Waals surface area contributed by atoms with Crippen LogP contribution in [0.1, 0.15) is 30.1 Å². The van der Waals surface area contributed by atoms with Gasteiger partial charge in [-0.25, -0.2) is 0 Å². The van der Waals surface area contributed by atoms with E-state index in [0.29, 0.717) is 23.5 Å². The number of carbonyl (C=O) groups is 3. The molecule has 0 spiro atoms. The lowest BCUT2D eigenvalue weighted by molar-refractivity contribution is -0.124. The van der Waals surface area contributed by atoms with Crippen LogP contribution in [0.3, 0.4) is 0 Å².